The van der Waals surface area contributed by atoms with Gasteiger partial charge < -0.3 is 24.3 Å². The van der Waals surface area contributed by atoms with Crippen LogP contribution in [0.1, 0.15) is 16.8 Å². The summed E-state index contributed by atoms with van der Waals surface area (Å²) in [5, 5.41) is 3.00. The minimum Gasteiger partial charge on any atom is -0.493 e. The van der Waals surface area contributed by atoms with Crippen molar-refractivity contribution in [2.24, 2.45) is 0 Å². The molecule has 138 valence electrons. The maximum atomic E-state index is 12.5. The van der Waals surface area contributed by atoms with E-state index in [1.165, 1.54) is 0 Å². The maximum Gasteiger partial charge on any atom is 0.251 e. The Bertz CT molecular complexity index is 759. The van der Waals surface area contributed by atoms with Crippen LogP contribution in [0.3, 0.4) is 0 Å². The van der Waals surface area contributed by atoms with Gasteiger partial charge >= 0.3 is 0 Å². The van der Waals surface area contributed by atoms with Crippen molar-refractivity contribution in [1.82, 2.24) is 5.32 Å². The summed E-state index contributed by atoms with van der Waals surface area (Å²) >= 11 is 0. The van der Waals surface area contributed by atoms with Crippen molar-refractivity contribution >= 4 is 5.91 Å². The molecule has 0 spiro atoms. The molecule has 1 saturated heterocycles. The molecule has 2 aromatic carbocycles. The van der Waals surface area contributed by atoms with Crippen LogP contribution in [0.2, 0.25) is 0 Å². The van der Waals surface area contributed by atoms with E-state index in [2.05, 4.69) is 5.32 Å². The Morgan fingerprint density at radius 3 is 2.35 bits per heavy atom. The zero-order valence-corrected chi connectivity index (χ0v) is 15.2. The predicted octanol–water partition coefficient (Wildman–Crippen LogP) is 2.90. The third-order valence-electron chi connectivity index (χ3n) is 4.39. The van der Waals surface area contributed by atoms with Gasteiger partial charge in [-0.05, 0) is 41.8 Å². The zero-order valence-electron chi connectivity index (χ0n) is 15.2. The van der Waals surface area contributed by atoms with Gasteiger partial charge in [0.1, 0.15) is 0 Å². The number of methoxy groups -OCH3 is 3. The number of benzene rings is 2. The zero-order chi connectivity index (χ0) is 18.5. The summed E-state index contributed by atoms with van der Waals surface area (Å²) in [6, 6.07) is 11.3. The molecular formula is C20H23NO5. The number of ether oxygens (including phenoxy) is 4. The minimum absolute atomic E-state index is 0.0762. The fraction of sp³-hybridized carbons (Fsp3) is 0.350. The van der Waals surface area contributed by atoms with Crippen LogP contribution >= 0.6 is 0 Å². The summed E-state index contributed by atoms with van der Waals surface area (Å²) in [5.74, 6) is 1.57. The summed E-state index contributed by atoms with van der Waals surface area (Å²) in [5.41, 5.74) is 2.36. The Morgan fingerprint density at radius 2 is 1.77 bits per heavy atom. The lowest BCUT2D eigenvalue weighted by Crippen LogP contribution is -2.34. The number of rotatable bonds is 6. The Labute approximate surface area is 153 Å². The van der Waals surface area contributed by atoms with E-state index in [-0.39, 0.29) is 11.9 Å². The molecule has 0 radical (unpaired) electrons. The Kier molecular flexibility index (Phi) is 5.63. The summed E-state index contributed by atoms with van der Waals surface area (Å²) in [6.45, 7) is 1.26. The molecule has 6 nitrogen and oxygen atoms in total. The fourth-order valence-electron chi connectivity index (χ4n) is 3.00. The monoisotopic (exact) mass is 357 g/mol. The minimum atomic E-state index is -0.102. The fourth-order valence-corrected chi connectivity index (χ4v) is 3.00. The van der Waals surface area contributed by atoms with Gasteiger partial charge in [-0.25, -0.2) is 0 Å². The first-order valence-corrected chi connectivity index (χ1v) is 8.45. The van der Waals surface area contributed by atoms with E-state index in [4.69, 9.17) is 18.9 Å². The van der Waals surface area contributed by atoms with Gasteiger partial charge in [0.2, 0.25) is 5.75 Å². The van der Waals surface area contributed by atoms with Crippen molar-refractivity contribution in [3.8, 4) is 28.4 Å². The average Bonchev–Trinajstić information content (AvgIpc) is 3.19. The summed E-state index contributed by atoms with van der Waals surface area (Å²) < 4.78 is 21.5. The molecule has 1 aliphatic rings. The molecule has 1 unspecified atom stereocenters. The lowest BCUT2D eigenvalue weighted by Gasteiger charge is -2.15. The third kappa shape index (κ3) is 3.75. The molecule has 0 bridgehead atoms. The van der Waals surface area contributed by atoms with E-state index in [0.717, 1.165) is 17.5 Å². The Hall–Kier alpha value is -2.73. The van der Waals surface area contributed by atoms with Gasteiger partial charge in [-0.1, -0.05) is 12.1 Å². The van der Waals surface area contributed by atoms with E-state index in [1.807, 2.05) is 30.3 Å². The molecule has 2 aromatic rings. The van der Waals surface area contributed by atoms with Gasteiger partial charge in [-0.15, -0.1) is 0 Å². The van der Waals surface area contributed by atoms with Gasteiger partial charge in [-0.3, -0.25) is 4.79 Å². The van der Waals surface area contributed by atoms with Gasteiger partial charge in [0.15, 0.2) is 11.5 Å². The standard InChI is InChI=1S/C20H23NO5/c1-23-17-10-15(11-18(24-2)19(17)25-3)13-5-4-6-14(9-13)20(22)21-16-7-8-26-12-16/h4-6,9-11,16H,7-8,12H2,1-3H3,(H,21,22). The Morgan fingerprint density at radius 1 is 1.04 bits per heavy atom. The van der Waals surface area contributed by atoms with E-state index < -0.39 is 0 Å². The van der Waals surface area contributed by atoms with Crippen molar-refractivity contribution < 1.29 is 23.7 Å². The van der Waals surface area contributed by atoms with Crippen LogP contribution in [0.5, 0.6) is 17.2 Å². The van der Waals surface area contributed by atoms with Gasteiger partial charge in [0.05, 0.1) is 34.0 Å². The van der Waals surface area contributed by atoms with E-state index in [9.17, 15) is 4.79 Å². The smallest absolute Gasteiger partial charge is 0.251 e. The molecule has 1 N–H and O–H groups in total. The molecular weight excluding hydrogens is 334 g/mol. The molecule has 6 heteroatoms. The van der Waals surface area contributed by atoms with Crippen molar-refractivity contribution in [2.45, 2.75) is 12.5 Å². The first-order chi connectivity index (χ1) is 12.7. The second-order valence-corrected chi connectivity index (χ2v) is 6.03. The highest BCUT2D eigenvalue weighted by Gasteiger charge is 2.19. The SMILES string of the molecule is COc1cc(-c2cccc(C(=O)NC3CCOC3)c2)cc(OC)c1OC. The molecule has 1 amide bonds. The molecule has 0 saturated carbocycles. The van der Waals surface area contributed by atoms with E-state index >= 15 is 0 Å². The average molecular weight is 357 g/mol. The normalized spacial score (nSPS) is 16.2. The number of amides is 1. The van der Waals surface area contributed by atoms with Crippen molar-refractivity contribution in [1.29, 1.82) is 0 Å². The third-order valence-corrected chi connectivity index (χ3v) is 4.39. The highest BCUT2D eigenvalue weighted by atomic mass is 16.5. The molecule has 1 heterocycles. The van der Waals surface area contributed by atoms with E-state index in [1.54, 1.807) is 27.4 Å². The number of carbonyl (C=O) groups is 1. The lowest BCUT2D eigenvalue weighted by molar-refractivity contribution is 0.0930. The number of nitrogens with one attached hydrogen (secondary N) is 1. The largest absolute Gasteiger partial charge is 0.493 e. The maximum absolute atomic E-state index is 12.5. The molecule has 1 atom stereocenters. The summed E-state index contributed by atoms with van der Waals surface area (Å²) in [6.07, 6.45) is 0.846. The van der Waals surface area contributed by atoms with Gasteiger partial charge in [0, 0.05) is 12.2 Å². The topological polar surface area (TPSA) is 66.0 Å². The van der Waals surface area contributed by atoms with Crippen LogP contribution in [-0.4, -0.2) is 46.5 Å². The van der Waals surface area contributed by atoms with Gasteiger partial charge in [-0.2, -0.15) is 0 Å². The molecule has 0 aromatic heterocycles. The number of hydrogen-bond donors (Lipinski definition) is 1. The first kappa shape index (κ1) is 18.1. The van der Waals surface area contributed by atoms with E-state index in [0.29, 0.717) is 36.0 Å². The molecule has 0 aliphatic carbocycles. The summed E-state index contributed by atoms with van der Waals surface area (Å²) in [7, 11) is 4.72. The molecule has 26 heavy (non-hydrogen) atoms. The van der Waals surface area contributed by atoms with Gasteiger partial charge in [0.25, 0.3) is 5.91 Å². The van der Waals surface area contributed by atoms with Crippen LogP contribution in [-0.2, 0) is 4.74 Å². The second kappa shape index (κ2) is 8.10. The van der Waals surface area contributed by atoms with Crippen LogP contribution in [0.25, 0.3) is 11.1 Å². The van der Waals surface area contributed by atoms with Crippen LogP contribution in [0, 0.1) is 0 Å². The molecule has 1 fully saturated rings. The van der Waals surface area contributed by atoms with Crippen molar-refractivity contribution in [3.05, 3.63) is 42.0 Å². The molecule has 1 aliphatic heterocycles. The number of hydrogen-bond acceptors (Lipinski definition) is 5. The highest BCUT2D eigenvalue weighted by molar-refractivity contribution is 5.95. The number of carbonyl (C=O) groups excluding carboxylic acids is 1. The summed E-state index contributed by atoms with van der Waals surface area (Å²) in [4.78, 5) is 12.5. The lowest BCUT2D eigenvalue weighted by atomic mass is 10.0. The second-order valence-electron chi connectivity index (χ2n) is 6.03. The van der Waals surface area contributed by atoms with Crippen LogP contribution in [0.4, 0.5) is 0 Å². The quantitative estimate of drug-likeness (QED) is 0.861. The Balaban J connectivity index is 1.91. The van der Waals surface area contributed by atoms with Crippen molar-refractivity contribution in [2.75, 3.05) is 34.5 Å². The van der Waals surface area contributed by atoms with Crippen LogP contribution < -0.4 is 19.5 Å². The predicted molar refractivity (Wildman–Crippen MR) is 98.2 cm³/mol. The van der Waals surface area contributed by atoms with Crippen LogP contribution in [0.15, 0.2) is 36.4 Å². The highest BCUT2D eigenvalue weighted by Crippen LogP contribution is 2.41. The van der Waals surface area contributed by atoms with Crippen molar-refractivity contribution in [3.63, 3.8) is 0 Å². The molecule has 3 rings (SSSR count). The first-order valence-electron chi connectivity index (χ1n) is 8.45.